The summed E-state index contributed by atoms with van der Waals surface area (Å²) in [6.07, 6.45) is 8.26. The lowest BCUT2D eigenvalue weighted by atomic mass is 9.80. The summed E-state index contributed by atoms with van der Waals surface area (Å²) in [6, 6.07) is 6.08. The molecule has 1 aromatic carbocycles. The maximum Gasteiger partial charge on any atom is 0.286 e. The SMILES string of the molecule is CCO[C@@H]1OC(C(=O)NC2CCCCC2)=C[C@H](c2ccc3c(c2)OCO3)[C@H]1CCCO. The van der Waals surface area contributed by atoms with E-state index in [1.807, 2.05) is 31.2 Å². The fourth-order valence-electron chi connectivity index (χ4n) is 4.77. The van der Waals surface area contributed by atoms with Gasteiger partial charge in [0.1, 0.15) is 0 Å². The Labute approximate surface area is 183 Å². The minimum absolute atomic E-state index is 0.0290. The van der Waals surface area contributed by atoms with Crippen LogP contribution in [0.5, 0.6) is 11.5 Å². The monoisotopic (exact) mass is 431 g/mol. The average molecular weight is 432 g/mol. The highest BCUT2D eigenvalue weighted by Crippen LogP contribution is 2.42. The molecule has 3 atom stereocenters. The lowest BCUT2D eigenvalue weighted by molar-refractivity contribution is -0.166. The van der Waals surface area contributed by atoms with E-state index in [2.05, 4.69) is 5.32 Å². The van der Waals surface area contributed by atoms with Gasteiger partial charge in [0.05, 0.1) is 0 Å². The number of rotatable bonds is 8. The number of aliphatic hydroxyl groups excluding tert-OH is 1. The fourth-order valence-corrected chi connectivity index (χ4v) is 4.77. The Morgan fingerprint density at radius 1 is 1.19 bits per heavy atom. The van der Waals surface area contributed by atoms with Gasteiger partial charge in [0.15, 0.2) is 17.3 Å². The van der Waals surface area contributed by atoms with Crippen molar-refractivity contribution in [2.45, 2.75) is 70.1 Å². The van der Waals surface area contributed by atoms with Crippen molar-refractivity contribution in [3.63, 3.8) is 0 Å². The summed E-state index contributed by atoms with van der Waals surface area (Å²) < 4.78 is 23.0. The van der Waals surface area contributed by atoms with Crippen LogP contribution in [0, 0.1) is 5.92 Å². The van der Waals surface area contributed by atoms with Crippen molar-refractivity contribution >= 4 is 5.91 Å². The summed E-state index contributed by atoms with van der Waals surface area (Å²) in [5.74, 6) is 1.44. The highest BCUT2D eigenvalue weighted by Gasteiger charge is 2.38. The number of fused-ring (bicyclic) bond motifs is 1. The van der Waals surface area contributed by atoms with Crippen molar-refractivity contribution in [1.29, 1.82) is 0 Å². The molecule has 7 nitrogen and oxygen atoms in total. The molecular weight excluding hydrogens is 398 g/mol. The maximum absolute atomic E-state index is 13.1. The second-order valence-electron chi connectivity index (χ2n) is 8.45. The Balaban J connectivity index is 1.62. The van der Waals surface area contributed by atoms with Crippen LogP contribution >= 0.6 is 0 Å². The molecule has 3 aliphatic rings. The first-order valence-corrected chi connectivity index (χ1v) is 11.5. The molecule has 1 aliphatic carbocycles. The highest BCUT2D eigenvalue weighted by molar-refractivity contribution is 5.92. The summed E-state index contributed by atoms with van der Waals surface area (Å²) in [7, 11) is 0. The first-order valence-electron chi connectivity index (χ1n) is 11.5. The Kier molecular flexibility index (Phi) is 7.35. The Morgan fingerprint density at radius 2 is 2.00 bits per heavy atom. The lowest BCUT2D eigenvalue weighted by Gasteiger charge is -2.37. The zero-order chi connectivity index (χ0) is 21.6. The van der Waals surface area contributed by atoms with Crippen LogP contribution in [0.2, 0.25) is 0 Å². The second-order valence-corrected chi connectivity index (χ2v) is 8.45. The van der Waals surface area contributed by atoms with Crippen molar-refractivity contribution in [2.75, 3.05) is 20.0 Å². The fraction of sp³-hybridized carbons (Fsp3) is 0.625. The van der Waals surface area contributed by atoms with E-state index >= 15 is 0 Å². The quantitative estimate of drug-likeness (QED) is 0.654. The van der Waals surface area contributed by atoms with Crippen molar-refractivity contribution < 1.29 is 28.8 Å². The Bertz CT molecular complexity index is 788. The molecule has 2 N–H and O–H groups in total. The van der Waals surface area contributed by atoms with Crippen molar-refractivity contribution in [3.05, 3.63) is 35.6 Å². The average Bonchev–Trinajstić information content (AvgIpc) is 3.26. The molecule has 0 bridgehead atoms. The highest BCUT2D eigenvalue weighted by atomic mass is 16.7. The van der Waals surface area contributed by atoms with Gasteiger partial charge < -0.3 is 29.4 Å². The standard InChI is InChI=1S/C24H33NO6/c1-2-28-24-18(9-6-12-26)19(16-10-11-20-21(13-16)30-15-29-20)14-22(31-24)23(27)25-17-7-4-3-5-8-17/h10-11,13-14,17-19,24,26H,2-9,12,15H2,1H3,(H,25,27)/t18-,19-,24-/m1/s1. The molecule has 7 heteroatoms. The van der Waals surface area contributed by atoms with Crippen LogP contribution in [-0.4, -0.2) is 43.4 Å². The van der Waals surface area contributed by atoms with E-state index in [1.54, 1.807) is 0 Å². The van der Waals surface area contributed by atoms with E-state index in [1.165, 1.54) is 6.42 Å². The number of allylic oxidation sites excluding steroid dienone is 1. The normalized spacial score (nSPS) is 25.6. The van der Waals surface area contributed by atoms with Crippen LogP contribution in [-0.2, 0) is 14.3 Å². The number of aliphatic hydroxyl groups is 1. The number of carbonyl (C=O) groups excluding carboxylic acids is 1. The number of hydrogen-bond donors (Lipinski definition) is 2. The number of benzene rings is 1. The zero-order valence-electron chi connectivity index (χ0n) is 18.2. The van der Waals surface area contributed by atoms with E-state index in [9.17, 15) is 9.90 Å². The topological polar surface area (TPSA) is 86.3 Å². The second kappa shape index (κ2) is 10.4. The van der Waals surface area contributed by atoms with Gasteiger partial charge in [0.25, 0.3) is 5.91 Å². The van der Waals surface area contributed by atoms with Crippen molar-refractivity contribution in [2.24, 2.45) is 5.92 Å². The molecule has 1 fully saturated rings. The summed E-state index contributed by atoms with van der Waals surface area (Å²) in [6.45, 7) is 2.71. The molecule has 1 amide bonds. The van der Waals surface area contributed by atoms with Gasteiger partial charge in [-0.3, -0.25) is 4.79 Å². The zero-order valence-corrected chi connectivity index (χ0v) is 18.2. The summed E-state index contributed by atoms with van der Waals surface area (Å²) >= 11 is 0. The number of amides is 1. The first kappa shape index (κ1) is 22.0. The lowest BCUT2D eigenvalue weighted by Crippen LogP contribution is -2.42. The minimum atomic E-state index is -0.552. The van der Waals surface area contributed by atoms with E-state index in [4.69, 9.17) is 18.9 Å². The van der Waals surface area contributed by atoms with Crippen molar-refractivity contribution in [1.82, 2.24) is 5.32 Å². The molecule has 2 aliphatic heterocycles. The van der Waals surface area contributed by atoms with Crippen LogP contribution in [0.3, 0.4) is 0 Å². The Hall–Kier alpha value is -2.25. The van der Waals surface area contributed by atoms with E-state index in [0.29, 0.717) is 31.0 Å². The maximum atomic E-state index is 13.1. The first-order chi connectivity index (χ1) is 15.2. The van der Waals surface area contributed by atoms with Crippen LogP contribution < -0.4 is 14.8 Å². The molecule has 0 saturated heterocycles. The smallest absolute Gasteiger partial charge is 0.286 e. The summed E-state index contributed by atoms with van der Waals surface area (Å²) in [5.41, 5.74) is 1.02. The molecule has 0 radical (unpaired) electrons. The van der Waals surface area contributed by atoms with Crippen molar-refractivity contribution in [3.8, 4) is 11.5 Å². The molecule has 4 rings (SSSR count). The minimum Gasteiger partial charge on any atom is -0.459 e. The predicted molar refractivity (Wildman–Crippen MR) is 115 cm³/mol. The summed E-state index contributed by atoms with van der Waals surface area (Å²) in [4.78, 5) is 13.1. The van der Waals surface area contributed by atoms with Crippen LogP contribution in [0.15, 0.2) is 30.0 Å². The third-order valence-electron chi connectivity index (χ3n) is 6.36. The number of hydrogen-bond acceptors (Lipinski definition) is 6. The molecule has 1 saturated carbocycles. The molecule has 2 heterocycles. The van der Waals surface area contributed by atoms with Crippen LogP contribution in [0.1, 0.15) is 63.4 Å². The van der Waals surface area contributed by atoms with Gasteiger partial charge >= 0.3 is 0 Å². The van der Waals surface area contributed by atoms with Gasteiger partial charge in [0.2, 0.25) is 13.1 Å². The molecule has 170 valence electrons. The number of carbonyl (C=O) groups is 1. The number of ether oxygens (including phenoxy) is 4. The van der Waals surface area contributed by atoms with Gasteiger partial charge in [-0.15, -0.1) is 0 Å². The number of nitrogens with one attached hydrogen (secondary N) is 1. The van der Waals surface area contributed by atoms with Gasteiger partial charge in [-0.2, -0.15) is 0 Å². The van der Waals surface area contributed by atoms with Gasteiger partial charge in [-0.05, 0) is 56.4 Å². The molecule has 1 aromatic rings. The molecule has 0 aromatic heterocycles. The molecule has 0 spiro atoms. The van der Waals surface area contributed by atoms with Gasteiger partial charge in [-0.25, -0.2) is 0 Å². The predicted octanol–water partition coefficient (Wildman–Crippen LogP) is 3.61. The van der Waals surface area contributed by atoms with Crippen LogP contribution in [0.25, 0.3) is 0 Å². The summed E-state index contributed by atoms with van der Waals surface area (Å²) in [5, 5.41) is 12.6. The van der Waals surface area contributed by atoms with E-state index < -0.39 is 6.29 Å². The third kappa shape index (κ3) is 5.15. The molecular formula is C24H33NO6. The van der Waals surface area contributed by atoms with Gasteiger partial charge in [-0.1, -0.05) is 25.3 Å². The Morgan fingerprint density at radius 3 is 2.77 bits per heavy atom. The van der Waals surface area contributed by atoms with Gasteiger partial charge in [0, 0.05) is 31.1 Å². The van der Waals surface area contributed by atoms with Crippen LogP contribution in [0.4, 0.5) is 0 Å². The molecule has 0 unspecified atom stereocenters. The van der Waals surface area contributed by atoms with E-state index in [0.717, 1.165) is 37.0 Å². The largest absolute Gasteiger partial charge is 0.459 e. The molecule has 31 heavy (non-hydrogen) atoms. The van der Waals surface area contributed by atoms with E-state index in [-0.39, 0.29) is 37.2 Å². The third-order valence-corrected chi connectivity index (χ3v) is 6.36.